The molecule has 0 unspecified atom stereocenters. The lowest BCUT2D eigenvalue weighted by Crippen LogP contribution is -2.47. The third-order valence-corrected chi connectivity index (χ3v) is 5.99. The predicted octanol–water partition coefficient (Wildman–Crippen LogP) is 3.80. The van der Waals surface area contributed by atoms with Gasteiger partial charge in [-0.1, -0.05) is 6.07 Å². The first-order valence-electron chi connectivity index (χ1n) is 10.1. The second-order valence-electron chi connectivity index (χ2n) is 8.02. The molecular formula is C20H21F3N6O3. The largest absolute Gasteiger partial charge is 0.403 e. The fourth-order valence-corrected chi connectivity index (χ4v) is 3.83. The topological polar surface area (TPSA) is 140 Å². The van der Waals surface area contributed by atoms with Crippen LogP contribution in [-0.2, 0) is 16.1 Å². The maximum absolute atomic E-state index is 13.1. The molecule has 0 heterocycles. The Hall–Kier alpha value is -3.45. The van der Waals surface area contributed by atoms with Gasteiger partial charge in [-0.25, -0.2) is 0 Å². The lowest BCUT2D eigenvalue weighted by molar-refractivity contribution is -0.192. The van der Waals surface area contributed by atoms with E-state index in [1.54, 1.807) is 6.07 Å². The molecule has 1 aromatic carbocycles. The number of nitriles is 1. The molecule has 0 bridgehead atoms. The Labute approximate surface area is 181 Å². The summed E-state index contributed by atoms with van der Waals surface area (Å²) in [5.74, 6) is -1.39. The van der Waals surface area contributed by atoms with Gasteiger partial charge in [0.15, 0.2) is 0 Å². The lowest BCUT2D eigenvalue weighted by atomic mass is 9.85. The summed E-state index contributed by atoms with van der Waals surface area (Å²) in [5.41, 5.74) is 6.98. The fraction of sp³-hybridized carbons (Fsp3) is 0.550. The van der Waals surface area contributed by atoms with Crippen LogP contribution in [0.1, 0.15) is 49.7 Å². The summed E-state index contributed by atoms with van der Waals surface area (Å²) in [7, 11) is 0. The van der Waals surface area contributed by atoms with E-state index < -0.39 is 17.5 Å². The summed E-state index contributed by atoms with van der Waals surface area (Å²) in [5, 5.41) is 17.3. The number of halogens is 3. The van der Waals surface area contributed by atoms with E-state index in [0.717, 1.165) is 0 Å². The van der Waals surface area contributed by atoms with E-state index in [4.69, 9.17) is 15.6 Å². The molecule has 0 radical (unpaired) electrons. The van der Waals surface area contributed by atoms with Gasteiger partial charge in [0.25, 0.3) is 0 Å². The molecule has 32 heavy (non-hydrogen) atoms. The van der Waals surface area contributed by atoms with E-state index in [0.29, 0.717) is 36.8 Å². The first kappa shape index (κ1) is 23.2. The van der Waals surface area contributed by atoms with Crippen molar-refractivity contribution < 1.29 is 27.6 Å². The molecule has 0 atom stereocenters. The van der Waals surface area contributed by atoms with Gasteiger partial charge >= 0.3 is 6.18 Å². The quantitative estimate of drug-likeness (QED) is 0.282. The SMILES string of the molecule is N#Cc1ccc(CNC(=O)[C@H]2CC[C@@H](NC(=O)C3(C(F)(F)F)CC3)CC2)c(ON=[N+]=[N-])c1. The normalized spacial score (nSPS) is 21.4. The summed E-state index contributed by atoms with van der Waals surface area (Å²) < 4.78 is 39.2. The van der Waals surface area contributed by atoms with Crippen LogP contribution < -0.4 is 15.5 Å². The Kier molecular flexibility index (Phi) is 6.79. The third-order valence-electron chi connectivity index (χ3n) is 5.99. The van der Waals surface area contributed by atoms with Gasteiger partial charge in [0.1, 0.15) is 16.4 Å². The minimum atomic E-state index is -4.54. The molecule has 0 aliphatic heterocycles. The zero-order valence-electron chi connectivity index (χ0n) is 17.0. The van der Waals surface area contributed by atoms with E-state index in [9.17, 15) is 22.8 Å². The molecule has 170 valence electrons. The van der Waals surface area contributed by atoms with E-state index >= 15 is 0 Å². The molecule has 2 N–H and O–H groups in total. The summed E-state index contributed by atoms with van der Waals surface area (Å²) in [6, 6.07) is 6.04. The van der Waals surface area contributed by atoms with Crippen LogP contribution in [0.25, 0.3) is 10.4 Å². The van der Waals surface area contributed by atoms with Gasteiger partial charge < -0.3 is 15.5 Å². The minimum Gasteiger partial charge on any atom is -0.394 e. The summed E-state index contributed by atoms with van der Waals surface area (Å²) in [6.45, 7) is 0.0750. The number of hydrogen-bond donors (Lipinski definition) is 2. The molecule has 0 aromatic heterocycles. The van der Waals surface area contributed by atoms with Crippen molar-refractivity contribution in [1.82, 2.24) is 10.6 Å². The molecule has 2 amide bonds. The highest BCUT2D eigenvalue weighted by Gasteiger charge is 2.68. The van der Waals surface area contributed by atoms with Crippen LogP contribution in [0.15, 0.2) is 23.5 Å². The average Bonchev–Trinajstić information content (AvgIpc) is 3.59. The Morgan fingerprint density at radius 2 is 1.97 bits per heavy atom. The molecule has 0 saturated heterocycles. The Morgan fingerprint density at radius 3 is 2.53 bits per heavy atom. The number of rotatable bonds is 7. The first-order chi connectivity index (χ1) is 15.2. The number of amides is 2. The second-order valence-corrected chi connectivity index (χ2v) is 8.02. The summed E-state index contributed by atoms with van der Waals surface area (Å²) in [6.07, 6.45) is -3.20. The van der Waals surface area contributed by atoms with Gasteiger partial charge in [0.2, 0.25) is 11.8 Å². The van der Waals surface area contributed by atoms with E-state index in [-0.39, 0.29) is 43.0 Å². The minimum absolute atomic E-state index is 0.0750. The third kappa shape index (κ3) is 5.06. The molecule has 0 spiro atoms. The number of azide groups is 1. The average molecular weight is 450 g/mol. The molecule has 1 aromatic rings. The number of carbonyl (C=O) groups excluding carboxylic acids is 2. The van der Waals surface area contributed by atoms with Crippen molar-refractivity contribution in [2.75, 3.05) is 0 Å². The van der Waals surface area contributed by atoms with Crippen LogP contribution >= 0.6 is 0 Å². The van der Waals surface area contributed by atoms with Crippen molar-refractivity contribution in [2.24, 2.45) is 16.6 Å². The Balaban J connectivity index is 1.50. The molecule has 2 fully saturated rings. The summed E-state index contributed by atoms with van der Waals surface area (Å²) >= 11 is 0. The van der Waals surface area contributed by atoms with Crippen molar-refractivity contribution in [1.29, 1.82) is 5.26 Å². The van der Waals surface area contributed by atoms with Crippen molar-refractivity contribution in [3.05, 3.63) is 39.8 Å². The fourth-order valence-electron chi connectivity index (χ4n) is 3.83. The highest BCUT2D eigenvalue weighted by molar-refractivity contribution is 5.86. The van der Waals surface area contributed by atoms with Crippen LogP contribution in [-0.4, -0.2) is 24.0 Å². The number of benzene rings is 1. The van der Waals surface area contributed by atoms with Gasteiger partial charge in [-0.15, -0.1) is 0 Å². The summed E-state index contributed by atoms with van der Waals surface area (Å²) in [4.78, 5) is 32.0. The van der Waals surface area contributed by atoms with Crippen molar-refractivity contribution in [3.63, 3.8) is 0 Å². The van der Waals surface area contributed by atoms with Crippen molar-refractivity contribution in [3.8, 4) is 11.8 Å². The molecule has 2 aliphatic rings. The number of carbonyl (C=O) groups is 2. The van der Waals surface area contributed by atoms with Crippen LogP contribution in [0.2, 0.25) is 0 Å². The second kappa shape index (κ2) is 9.36. The lowest BCUT2D eigenvalue weighted by Gasteiger charge is -2.30. The monoisotopic (exact) mass is 450 g/mol. The van der Waals surface area contributed by atoms with Crippen LogP contribution in [0.4, 0.5) is 13.2 Å². The number of nitrogens with one attached hydrogen (secondary N) is 2. The Morgan fingerprint density at radius 1 is 1.28 bits per heavy atom. The van der Waals surface area contributed by atoms with Crippen LogP contribution in [0, 0.1) is 22.7 Å². The number of nitrogens with zero attached hydrogens (tertiary/aromatic N) is 4. The molecule has 9 nitrogen and oxygen atoms in total. The smallest absolute Gasteiger partial charge is 0.394 e. The molecule has 12 heteroatoms. The van der Waals surface area contributed by atoms with Crippen molar-refractivity contribution >= 4 is 11.8 Å². The van der Waals surface area contributed by atoms with Gasteiger partial charge in [-0.3, -0.25) is 9.59 Å². The molecular weight excluding hydrogens is 429 g/mol. The van der Waals surface area contributed by atoms with Gasteiger partial charge in [0.05, 0.1) is 11.6 Å². The highest BCUT2D eigenvalue weighted by Crippen LogP contribution is 2.57. The standard InChI is InChI=1S/C20H21F3N6O3/c21-20(22,23)19(7-8-19)18(31)27-15-5-3-13(4-6-15)17(30)26-11-14-2-1-12(10-24)9-16(14)32-29-28-25/h1-2,9,13,15H,3-8,11H2,(H,26,30)(H,27,31)/t13-,15+. The van der Waals surface area contributed by atoms with Crippen LogP contribution in [0.5, 0.6) is 5.75 Å². The zero-order valence-corrected chi connectivity index (χ0v) is 17.0. The zero-order chi connectivity index (χ0) is 23.4. The maximum atomic E-state index is 13.1. The predicted molar refractivity (Wildman–Crippen MR) is 104 cm³/mol. The molecule has 2 saturated carbocycles. The van der Waals surface area contributed by atoms with Gasteiger partial charge in [-0.2, -0.15) is 18.4 Å². The number of hydrogen-bond acceptors (Lipinski definition) is 5. The van der Waals surface area contributed by atoms with Crippen molar-refractivity contribution in [2.45, 2.75) is 57.3 Å². The highest BCUT2D eigenvalue weighted by atomic mass is 19.4. The maximum Gasteiger partial charge on any atom is 0.403 e. The van der Waals surface area contributed by atoms with Crippen LogP contribution in [0.3, 0.4) is 0 Å². The van der Waals surface area contributed by atoms with Gasteiger partial charge in [0, 0.05) is 29.0 Å². The first-order valence-corrected chi connectivity index (χ1v) is 10.1. The van der Waals surface area contributed by atoms with E-state index in [2.05, 4.69) is 20.8 Å². The molecule has 3 rings (SSSR count). The van der Waals surface area contributed by atoms with Gasteiger partial charge in [-0.05, 0) is 56.2 Å². The number of alkyl halides is 3. The Bertz CT molecular complexity index is 972. The molecule has 2 aliphatic carbocycles. The van der Waals surface area contributed by atoms with E-state index in [1.807, 2.05) is 6.07 Å². The van der Waals surface area contributed by atoms with E-state index in [1.165, 1.54) is 12.1 Å².